The summed E-state index contributed by atoms with van der Waals surface area (Å²) in [7, 11) is 0. The Balaban J connectivity index is 0. The number of benzene rings is 2. The zero-order chi connectivity index (χ0) is 25.8. The van der Waals surface area contributed by atoms with Crippen LogP contribution in [0.2, 0.25) is 0 Å². The maximum Gasteiger partial charge on any atom is 0.408 e. The molecule has 0 fully saturated rings. The second-order valence-corrected chi connectivity index (χ2v) is 9.76. The van der Waals surface area contributed by atoms with Crippen molar-refractivity contribution in [3.05, 3.63) is 71.8 Å². The first kappa shape index (κ1) is 27.7. The van der Waals surface area contributed by atoms with Gasteiger partial charge in [-0.3, -0.25) is 14.4 Å². The molecule has 3 amide bonds. The van der Waals surface area contributed by atoms with E-state index in [4.69, 9.17) is 9.84 Å². The highest BCUT2D eigenvalue weighted by Gasteiger charge is 2.25. The van der Waals surface area contributed by atoms with Gasteiger partial charge in [0.25, 0.3) is 0 Å². The third kappa shape index (κ3) is 10.5. The van der Waals surface area contributed by atoms with Crippen molar-refractivity contribution in [3.8, 4) is 0 Å². The molecule has 0 heterocycles. The minimum absolute atomic E-state index is 0. The number of hydrogen-bond acceptors (Lipinski definition) is 6. The van der Waals surface area contributed by atoms with E-state index >= 15 is 0 Å². The Labute approximate surface area is 213 Å². The summed E-state index contributed by atoms with van der Waals surface area (Å²) < 4.78 is 5.10. The van der Waals surface area contributed by atoms with Crippen LogP contribution in [0.3, 0.4) is 0 Å². The summed E-state index contributed by atoms with van der Waals surface area (Å²) in [5.74, 6) is -2.28. The molecule has 35 heavy (non-hydrogen) atoms. The van der Waals surface area contributed by atoms with Gasteiger partial charge in [0.1, 0.15) is 24.7 Å². The van der Waals surface area contributed by atoms with E-state index in [0.717, 1.165) is 11.1 Å². The average Bonchev–Trinajstić information content (AvgIpc) is 2.81. The summed E-state index contributed by atoms with van der Waals surface area (Å²) in [6, 6.07) is 18.4. The van der Waals surface area contributed by atoms with Gasteiger partial charge in [0.2, 0.25) is 11.8 Å². The van der Waals surface area contributed by atoms with Crippen LogP contribution < -0.4 is 16.0 Å². The molecule has 0 radical (unpaired) electrons. The van der Waals surface area contributed by atoms with Gasteiger partial charge in [-0.05, 0) is 31.9 Å². The van der Waals surface area contributed by atoms with Crippen molar-refractivity contribution in [3.63, 3.8) is 0 Å². The Morgan fingerprint density at radius 3 is 1.94 bits per heavy atom. The molecule has 10 heteroatoms. The minimum atomic E-state index is -1.20. The molecular formula is C25H37N3O6S. The molecule has 0 saturated heterocycles. The van der Waals surface area contributed by atoms with Gasteiger partial charge in [-0.2, -0.15) is 0 Å². The largest absolute Gasteiger partial charge is 0.480 e. The van der Waals surface area contributed by atoms with Crippen molar-refractivity contribution in [2.75, 3.05) is 18.8 Å². The van der Waals surface area contributed by atoms with Crippen LogP contribution >= 0.6 is 11.8 Å². The van der Waals surface area contributed by atoms with Gasteiger partial charge in [-0.15, -0.1) is 11.8 Å². The van der Waals surface area contributed by atoms with Crippen molar-refractivity contribution in [1.29, 1.82) is 0 Å². The molecule has 2 aromatic carbocycles. The Morgan fingerprint density at radius 1 is 0.914 bits per heavy atom. The summed E-state index contributed by atoms with van der Waals surface area (Å²) >= 11 is 1.44. The highest BCUT2D eigenvalue weighted by atomic mass is 32.2. The van der Waals surface area contributed by atoms with Crippen LogP contribution in [0.15, 0.2) is 60.7 Å². The van der Waals surface area contributed by atoms with Crippen LogP contribution in [0, 0.1) is 0 Å². The molecule has 0 saturated carbocycles. The first-order valence-electron chi connectivity index (χ1n) is 11.0. The third-order valence-electron chi connectivity index (χ3n) is 4.49. The lowest BCUT2D eigenvalue weighted by atomic mass is 10.0. The van der Waals surface area contributed by atoms with Gasteiger partial charge in [-0.25, -0.2) is 4.79 Å². The molecule has 2 aromatic rings. The zero-order valence-corrected chi connectivity index (χ0v) is 20.8. The number of ether oxygens (including phenoxy) is 1. The highest BCUT2D eigenvalue weighted by molar-refractivity contribution is 7.99. The number of carboxylic acids is 1. The molecule has 0 bridgehead atoms. The number of carbonyl (C=O) groups excluding carboxylic acids is 3. The number of carboxylic acid groups (broad SMARTS) is 1. The standard InChI is InChI=1S/C25H31N3O6S.3H2/c1-25(2,3)34-24(33)27-14-20(29)28-19(23(32)26-15-21(30)31)16-35-22(17-10-6-4-7-11-17)18-12-8-5-9-13-18;;;/h4-13,19,22H,14-16H2,1-3H3,(H,26,32)(H,27,33)(H,28,29)(H,30,31);3*1H. The lowest BCUT2D eigenvalue weighted by Crippen LogP contribution is -2.51. The van der Waals surface area contributed by atoms with E-state index in [-0.39, 0.29) is 15.3 Å². The van der Waals surface area contributed by atoms with E-state index in [1.54, 1.807) is 20.8 Å². The van der Waals surface area contributed by atoms with E-state index in [9.17, 15) is 19.2 Å². The van der Waals surface area contributed by atoms with Crippen LogP contribution in [0.1, 0.15) is 41.4 Å². The van der Waals surface area contributed by atoms with Crippen LogP contribution in [0.25, 0.3) is 0 Å². The number of rotatable bonds is 11. The summed E-state index contributed by atoms with van der Waals surface area (Å²) in [4.78, 5) is 47.9. The number of amides is 3. The fraction of sp³-hybridized carbons (Fsp3) is 0.360. The number of nitrogens with one attached hydrogen (secondary N) is 3. The van der Waals surface area contributed by atoms with Crippen LogP contribution in [-0.2, 0) is 19.1 Å². The van der Waals surface area contributed by atoms with Crippen molar-refractivity contribution in [2.45, 2.75) is 37.7 Å². The quantitative estimate of drug-likeness (QED) is 0.366. The Morgan fingerprint density at radius 2 is 1.46 bits per heavy atom. The van der Waals surface area contributed by atoms with Crippen molar-refractivity contribution in [1.82, 2.24) is 16.0 Å². The van der Waals surface area contributed by atoms with Gasteiger partial charge in [0.15, 0.2) is 0 Å². The van der Waals surface area contributed by atoms with Gasteiger partial charge in [-0.1, -0.05) is 60.7 Å². The molecule has 0 aliphatic carbocycles. The van der Waals surface area contributed by atoms with Gasteiger partial charge in [0.05, 0.1) is 5.25 Å². The van der Waals surface area contributed by atoms with Crippen LogP contribution in [-0.4, -0.2) is 59.5 Å². The Bertz CT molecular complexity index is 971. The summed E-state index contributed by atoms with van der Waals surface area (Å²) in [6.07, 6.45) is -0.762. The number of aliphatic carboxylic acids is 1. The smallest absolute Gasteiger partial charge is 0.408 e. The lowest BCUT2D eigenvalue weighted by Gasteiger charge is -2.23. The first-order chi connectivity index (χ1) is 16.5. The fourth-order valence-corrected chi connectivity index (χ4v) is 4.33. The Kier molecular flexibility index (Phi) is 10.6. The highest BCUT2D eigenvalue weighted by Crippen LogP contribution is 2.35. The van der Waals surface area contributed by atoms with Crippen molar-refractivity contribution >= 4 is 35.6 Å². The van der Waals surface area contributed by atoms with Gasteiger partial charge >= 0.3 is 12.1 Å². The van der Waals surface area contributed by atoms with E-state index in [1.807, 2.05) is 60.7 Å². The predicted molar refractivity (Wildman–Crippen MR) is 140 cm³/mol. The molecule has 194 valence electrons. The number of hydrogen-bond donors (Lipinski definition) is 4. The number of carbonyl (C=O) groups is 4. The SMILES string of the molecule is CC(C)(C)OC(=O)NCC(=O)NC(CSC(c1ccccc1)c1ccccc1)C(=O)NCC(=O)O.[HH].[HH].[HH]. The normalized spacial score (nSPS) is 11.9. The van der Waals surface area contributed by atoms with E-state index in [0.29, 0.717) is 0 Å². The number of thioether (sulfide) groups is 1. The van der Waals surface area contributed by atoms with E-state index in [2.05, 4.69) is 16.0 Å². The summed E-state index contributed by atoms with van der Waals surface area (Å²) in [6.45, 7) is 4.11. The second-order valence-electron chi connectivity index (χ2n) is 8.62. The molecule has 4 N–H and O–H groups in total. The fourth-order valence-electron chi connectivity index (χ4n) is 3.01. The lowest BCUT2D eigenvalue weighted by molar-refractivity contribution is -0.138. The molecule has 2 rings (SSSR count). The number of alkyl carbamates (subject to hydrolysis) is 1. The maximum absolute atomic E-state index is 12.7. The predicted octanol–water partition coefficient (Wildman–Crippen LogP) is 3.46. The first-order valence-corrected chi connectivity index (χ1v) is 12.1. The topological polar surface area (TPSA) is 134 Å². The molecule has 0 spiro atoms. The molecule has 0 aliphatic heterocycles. The van der Waals surface area contributed by atoms with E-state index in [1.165, 1.54) is 11.8 Å². The molecule has 1 unspecified atom stereocenters. The van der Waals surface area contributed by atoms with Gasteiger partial charge in [0, 0.05) is 10.0 Å². The summed E-state index contributed by atoms with van der Waals surface area (Å²) in [5, 5.41) is 16.0. The molecule has 9 nitrogen and oxygen atoms in total. The van der Waals surface area contributed by atoms with Crippen molar-refractivity contribution < 1.29 is 33.3 Å². The minimum Gasteiger partial charge on any atom is -0.480 e. The van der Waals surface area contributed by atoms with Gasteiger partial charge < -0.3 is 25.8 Å². The zero-order valence-electron chi connectivity index (χ0n) is 19.9. The monoisotopic (exact) mass is 507 g/mol. The van der Waals surface area contributed by atoms with Crippen LogP contribution in [0.5, 0.6) is 0 Å². The Hall–Kier alpha value is -3.53. The van der Waals surface area contributed by atoms with Crippen molar-refractivity contribution in [2.24, 2.45) is 0 Å². The molecular weight excluding hydrogens is 470 g/mol. The molecule has 0 aliphatic rings. The van der Waals surface area contributed by atoms with E-state index < -0.39 is 48.6 Å². The van der Waals surface area contributed by atoms with Crippen LogP contribution in [0.4, 0.5) is 4.79 Å². The second kappa shape index (κ2) is 13.4. The maximum atomic E-state index is 12.7. The molecule has 1 atom stereocenters. The molecule has 0 aromatic heterocycles. The average molecular weight is 508 g/mol. The summed E-state index contributed by atoms with van der Waals surface area (Å²) in [5.41, 5.74) is 1.32. The third-order valence-corrected chi connectivity index (χ3v) is 5.90.